The van der Waals surface area contributed by atoms with Crippen molar-refractivity contribution < 1.29 is 15.0 Å². The van der Waals surface area contributed by atoms with Crippen molar-refractivity contribution in [3.05, 3.63) is 34.9 Å². The van der Waals surface area contributed by atoms with Crippen LogP contribution in [0.3, 0.4) is 0 Å². The zero-order valence-corrected chi connectivity index (χ0v) is 15.1. The van der Waals surface area contributed by atoms with Gasteiger partial charge in [0, 0.05) is 19.2 Å². The third kappa shape index (κ3) is 11.8. The van der Waals surface area contributed by atoms with E-state index in [-0.39, 0.29) is 32.2 Å². The summed E-state index contributed by atoms with van der Waals surface area (Å²) in [5.74, 6) is -0.144. The normalized spacial score (nSPS) is 12.3. The zero-order valence-electron chi connectivity index (χ0n) is 15.1. The number of carbonyl (C=O) groups excluding carboxylic acids is 1. The summed E-state index contributed by atoms with van der Waals surface area (Å²) in [5, 5.41) is 17.9. The van der Waals surface area contributed by atoms with Gasteiger partial charge < -0.3 is 15.1 Å². The maximum Gasteiger partial charge on any atom is 0.246 e. The summed E-state index contributed by atoms with van der Waals surface area (Å²) in [5.41, 5.74) is 3.75. The molecular formula is C19H33NO3. The summed E-state index contributed by atoms with van der Waals surface area (Å²) >= 11 is 0. The molecule has 0 aromatic carbocycles. The minimum atomic E-state index is -0.144. The van der Waals surface area contributed by atoms with Crippen molar-refractivity contribution in [2.45, 2.75) is 53.4 Å². The van der Waals surface area contributed by atoms with Gasteiger partial charge in [-0.1, -0.05) is 28.9 Å². The molecule has 0 saturated heterocycles. The lowest BCUT2D eigenvalue weighted by Gasteiger charge is -2.19. The fourth-order valence-electron chi connectivity index (χ4n) is 2.18. The quantitative estimate of drug-likeness (QED) is 0.453. The zero-order chi connectivity index (χ0) is 17.7. The van der Waals surface area contributed by atoms with Crippen molar-refractivity contribution in [2.24, 2.45) is 0 Å². The van der Waals surface area contributed by atoms with Crippen LogP contribution in [0.4, 0.5) is 0 Å². The molecule has 132 valence electrons. The van der Waals surface area contributed by atoms with E-state index in [0.29, 0.717) is 0 Å². The van der Waals surface area contributed by atoms with Crippen LogP contribution in [0, 0.1) is 0 Å². The molecule has 4 heteroatoms. The van der Waals surface area contributed by atoms with E-state index in [4.69, 9.17) is 10.2 Å². The van der Waals surface area contributed by atoms with Crippen LogP contribution in [0.2, 0.25) is 0 Å². The lowest BCUT2D eigenvalue weighted by Crippen LogP contribution is -2.34. The summed E-state index contributed by atoms with van der Waals surface area (Å²) in [6.45, 7) is 8.65. The summed E-state index contributed by atoms with van der Waals surface area (Å²) < 4.78 is 0. The first kappa shape index (κ1) is 21.6. The molecule has 0 heterocycles. The molecule has 0 atom stereocenters. The van der Waals surface area contributed by atoms with E-state index in [9.17, 15) is 4.79 Å². The van der Waals surface area contributed by atoms with Gasteiger partial charge in [0.2, 0.25) is 5.91 Å². The highest BCUT2D eigenvalue weighted by Gasteiger charge is 2.09. The molecule has 0 aliphatic heterocycles. The van der Waals surface area contributed by atoms with E-state index in [1.165, 1.54) is 16.0 Å². The molecule has 2 N–H and O–H groups in total. The maximum atomic E-state index is 12.0. The van der Waals surface area contributed by atoms with Gasteiger partial charge in [0.1, 0.15) is 0 Å². The van der Waals surface area contributed by atoms with E-state index in [1.807, 2.05) is 6.92 Å². The Hall–Kier alpha value is -1.39. The molecule has 0 rings (SSSR count). The van der Waals surface area contributed by atoms with Crippen molar-refractivity contribution in [2.75, 3.05) is 26.3 Å². The second-order valence-electron chi connectivity index (χ2n) is 6.17. The highest BCUT2D eigenvalue weighted by atomic mass is 16.3. The van der Waals surface area contributed by atoms with Crippen LogP contribution >= 0.6 is 0 Å². The van der Waals surface area contributed by atoms with Gasteiger partial charge in [0.25, 0.3) is 0 Å². The maximum absolute atomic E-state index is 12.0. The molecule has 0 aliphatic carbocycles. The Morgan fingerprint density at radius 1 is 0.870 bits per heavy atom. The third-order valence-electron chi connectivity index (χ3n) is 3.54. The second kappa shape index (κ2) is 13.1. The fraction of sp³-hybridized carbons (Fsp3) is 0.632. The van der Waals surface area contributed by atoms with E-state index in [0.717, 1.165) is 31.3 Å². The minimum Gasteiger partial charge on any atom is -0.395 e. The lowest BCUT2D eigenvalue weighted by atomic mass is 10.1. The van der Waals surface area contributed by atoms with E-state index in [2.05, 4.69) is 32.9 Å². The first-order chi connectivity index (χ1) is 10.9. The van der Waals surface area contributed by atoms with Crippen molar-refractivity contribution in [3.8, 4) is 0 Å². The molecule has 0 aliphatic rings. The predicted octanol–water partition coefficient (Wildman–Crippen LogP) is 3.22. The van der Waals surface area contributed by atoms with Gasteiger partial charge >= 0.3 is 0 Å². The molecule has 4 nitrogen and oxygen atoms in total. The largest absolute Gasteiger partial charge is 0.395 e. The van der Waals surface area contributed by atoms with Crippen LogP contribution in [0.1, 0.15) is 53.4 Å². The Kier molecular flexibility index (Phi) is 12.3. The molecule has 0 spiro atoms. The number of allylic oxidation sites excluding steroid dienone is 5. The van der Waals surface area contributed by atoms with Crippen molar-refractivity contribution >= 4 is 5.91 Å². The predicted molar refractivity (Wildman–Crippen MR) is 96.2 cm³/mol. The number of carbonyl (C=O) groups is 1. The van der Waals surface area contributed by atoms with Crippen molar-refractivity contribution in [1.29, 1.82) is 0 Å². The number of aliphatic hydroxyl groups is 2. The SMILES string of the molecule is CC(C)=CCC/C(C)=C/CC/C(C)=C/C(=O)N(CCO)CCO. The highest BCUT2D eigenvalue weighted by Crippen LogP contribution is 2.11. The third-order valence-corrected chi connectivity index (χ3v) is 3.54. The van der Waals surface area contributed by atoms with Gasteiger partial charge in [-0.25, -0.2) is 0 Å². The van der Waals surface area contributed by atoms with Gasteiger partial charge in [-0.05, 0) is 53.4 Å². The van der Waals surface area contributed by atoms with Gasteiger partial charge in [-0.15, -0.1) is 0 Å². The Morgan fingerprint density at radius 2 is 1.39 bits per heavy atom. The number of nitrogens with zero attached hydrogens (tertiary/aromatic N) is 1. The number of rotatable bonds is 11. The average molecular weight is 323 g/mol. The monoisotopic (exact) mass is 323 g/mol. The number of amides is 1. The standard InChI is InChI=1S/C19H33NO3/c1-16(2)7-5-8-17(3)9-6-10-18(4)15-19(23)20(11-13-21)12-14-22/h7,9,15,21-22H,5-6,8,10-14H2,1-4H3/b17-9+,18-15+. The van der Waals surface area contributed by atoms with Gasteiger partial charge in [0.05, 0.1) is 13.2 Å². The average Bonchev–Trinajstić information content (AvgIpc) is 2.46. The van der Waals surface area contributed by atoms with Crippen LogP contribution < -0.4 is 0 Å². The second-order valence-corrected chi connectivity index (χ2v) is 6.17. The van der Waals surface area contributed by atoms with Crippen LogP contribution in [0.25, 0.3) is 0 Å². The highest BCUT2D eigenvalue weighted by molar-refractivity contribution is 5.88. The lowest BCUT2D eigenvalue weighted by molar-refractivity contribution is -0.127. The first-order valence-electron chi connectivity index (χ1n) is 8.37. The molecule has 0 fully saturated rings. The van der Waals surface area contributed by atoms with Crippen LogP contribution in [0.15, 0.2) is 34.9 Å². The summed E-state index contributed by atoms with van der Waals surface area (Å²) in [4.78, 5) is 13.5. The Bertz CT molecular complexity index is 426. The molecule has 0 saturated carbocycles. The van der Waals surface area contributed by atoms with Crippen LogP contribution in [0.5, 0.6) is 0 Å². The first-order valence-corrected chi connectivity index (χ1v) is 8.37. The molecule has 1 amide bonds. The van der Waals surface area contributed by atoms with Gasteiger partial charge in [0.15, 0.2) is 0 Å². The molecule has 0 unspecified atom stereocenters. The van der Waals surface area contributed by atoms with Crippen LogP contribution in [-0.2, 0) is 4.79 Å². The van der Waals surface area contributed by atoms with Crippen molar-refractivity contribution in [3.63, 3.8) is 0 Å². The smallest absolute Gasteiger partial charge is 0.246 e. The number of hydrogen-bond donors (Lipinski definition) is 2. The Morgan fingerprint density at radius 3 is 1.91 bits per heavy atom. The van der Waals surface area contributed by atoms with Crippen LogP contribution in [-0.4, -0.2) is 47.3 Å². The molecule has 0 aromatic rings. The topological polar surface area (TPSA) is 60.8 Å². The Labute approximate surface area is 141 Å². The van der Waals surface area contributed by atoms with E-state index in [1.54, 1.807) is 6.08 Å². The van der Waals surface area contributed by atoms with Gasteiger partial charge in [-0.3, -0.25) is 4.79 Å². The summed E-state index contributed by atoms with van der Waals surface area (Å²) in [7, 11) is 0. The number of hydrogen-bond acceptors (Lipinski definition) is 3. The number of aliphatic hydroxyl groups excluding tert-OH is 2. The molecule has 0 bridgehead atoms. The molecular weight excluding hydrogens is 290 g/mol. The fourth-order valence-corrected chi connectivity index (χ4v) is 2.18. The Balaban J connectivity index is 4.32. The molecule has 0 aromatic heterocycles. The van der Waals surface area contributed by atoms with Gasteiger partial charge in [-0.2, -0.15) is 0 Å². The van der Waals surface area contributed by atoms with Crippen molar-refractivity contribution in [1.82, 2.24) is 4.90 Å². The summed E-state index contributed by atoms with van der Waals surface area (Å²) in [6.07, 6.45) is 10.0. The minimum absolute atomic E-state index is 0.0910. The van der Waals surface area contributed by atoms with E-state index >= 15 is 0 Å². The van der Waals surface area contributed by atoms with E-state index < -0.39 is 0 Å². The summed E-state index contributed by atoms with van der Waals surface area (Å²) in [6, 6.07) is 0. The molecule has 0 radical (unpaired) electrons. The molecule has 23 heavy (non-hydrogen) atoms.